The van der Waals surface area contributed by atoms with E-state index < -0.39 is 4.92 Å². The number of nitro benzene ring substituents is 1. The number of rotatable bonds is 7. The number of nitrogens with zero attached hydrogens (tertiary/aromatic N) is 1. The van der Waals surface area contributed by atoms with Crippen molar-refractivity contribution in [1.82, 2.24) is 10.3 Å². The highest BCUT2D eigenvalue weighted by molar-refractivity contribution is 8.00. The minimum absolute atomic E-state index is 0.0465. The third kappa shape index (κ3) is 4.23. The number of carbonyl (C=O) groups excluding carboxylic acids is 1. The van der Waals surface area contributed by atoms with Crippen LogP contribution in [0.4, 0.5) is 5.69 Å². The molecule has 0 radical (unpaired) electrons. The smallest absolute Gasteiger partial charge is 0.269 e. The Morgan fingerprint density at radius 1 is 1.23 bits per heavy atom. The molecule has 1 aromatic heterocycles. The van der Waals surface area contributed by atoms with Gasteiger partial charge in [-0.25, -0.2) is 0 Å². The minimum Gasteiger partial charge on any atom is -0.361 e. The molecule has 0 spiro atoms. The van der Waals surface area contributed by atoms with Crippen molar-refractivity contribution in [3.05, 3.63) is 70.4 Å². The van der Waals surface area contributed by atoms with Gasteiger partial charge in [-0.05, 0) is 37.1 Å². The average Bonchev–Trinajstić information content (AvgIpc) is 3.05. The number of nitrogens with one attached hydrogen (secondary N) is 2. The number of amides is 1. The first-order valence-electron chi connectivity index (χ1n) is 8.28. The Morgan fingerprint density at radius 2 is 1.96 bits per heavy atom. The molecule has 1 amide bonds. The molecule has 3 rings (SSSR count). The lowest BCUT2D eigenvalue weighted by atomic mass is 10.1. The van der Waals surface area contributed by atoms with E-state index in [1.54, 1.807) is 12.1 Å². The standard InChI is InChI=1S/C19H19N3O3S/c1-13(26-16-8-6-15(7-9-16)22(24)25)19(23)20-11-10-14-12-21-18-5-3-2-4-17(14)18/h2-9,12-13,21H,10-11H2,1H3,(H,20,23). The number of aromatic nitrogens is 1. The van der Waals surface area contributed by atoms with Gasteiger partial charge in [0.2, 0.25) is 5.91 Å². The summed E-state index contributed by atoms with van der Waals surface area (Å²) >= 11 is 1.38. The third-order valence-corrected chi connectivity index (χ3v) is 5.21. The van der Waals surface area contributed by atoms with Gasteiger partial charge in [0, 0.05) is 40.7 Å². The fraction of sp³-hybridized carbons (Fsp3) is 0.211. The quantitative estimate of drug-likeness (QED) is 0.375. The van der Waals surface area contributed by atoms with E-state index in [-0.39, 0.29) is 16.8 Å². The second-order valence-corrected chi connectivity index (χ2v) is 7.33. The van der Waals surface area contributed by atoms with Crippen molar-refractivity contribution in [2.75, 3.05) is 6.54 Å². The van der Waals surface area contributed by atoms with Gasteiger partial charge in [0.15, 0.2) is 0 Å². The summed E-state index contributed by atoms with van der Waals surface area (Å²) in [5, 5.41) is 14.5. The van der Waals surface area contributed by atoms with Crippen LogP contribution in [0.15, 0.2) is 59.6 Å². The summed E-state index contributed by atoms with van der Waals surface area (Å²) in [5.41, 5.74) is 2.32. The van der Waals surface area contributed by atoms with E-state index >= 15 is 0 Å². The zero-order valence-electron chi connectivity index (χ0n) is 14.3. The molecule has 6 nitrogen and oxygen atoms in total. The number of hydrogen-bond acceptors (Lipinski definition) is 4. The first-order chi connectivity index (χ1) is 12.5. The first-order valence-corrected chi connectivity index (χ1v) is 9.16. The molecule has 1 unspecified atom stereocenters. The number of non-ortho nitro benzene ring substituents is 1. The molecule has 3 aromatic rings. The maximum Gasteiger partial charge on any atom is 0.269 e. The first kappa shape index (κ1) is 18.0. The lowest BCUT2D eigenvalue weighted by molar-refractivity contribution is -0.384. The van der Waals surface area contributed by atoms with Crippen LogP contribution in [0.3, 0.4) is 0 Å². The number of thioether (sulfide) groups is 1. The lowest BCUT2D eigenvalue weighted by Crippen LogP contribution is -2.32. The van der Waals surface area contributed by atoms with Crippen LogP contribution in [-0.2, 0) is 11.2 Å². The van der Waals surface area contributed by atoms with Crippen LogP contribution < -0.4 is 5.32 Å². The summed E-state index contributed by atoms with van der Waals surface area (Å²) in [5.74, 6) is -0.0480. The van der Waals surface area contributed by atoms with Gasteiger partial charge in [-0.2, -0.15) is 0 Å². The van der Waals surface area contributed by atoms with Crippen LogP contribution in [0.5, 0.6) is 0 Å². The molecule has 134 valence electrons. The fourth-order valence-electron chi connectivity index (χ4n) is 2.71. The highest BCUT2D eigenvalue weighted by Crippen LogP contribution is 2.25. The van der Waals surface area contributed by atoms with Crippen molar-refractivity contribution in [3.8, 4) is 0 Å². The lowest BCUT2D eigenvalue weighted by Gasteiger charge is -2.11. The zero-order valence-corrected chi connectivity index (χ0v) is 15.1. The number of hydrogen-bond donors (Lipinski definition) is 2. The van der Waals surface area contributed by atoms with E-state index in [0.29, 0.717) is 6.54 Å². The number of benzene rings is 2. The molecule has 1 heterocycles. The van der Waals surface area contributed by atoms with Crippen LogP contribution in [0.2, 0.25) is 0 Å². The van der Waals surface area contributed by atoms with Crippen molar-refractivity contribution in [2.24, 2.45) is 0 Å². The van der Waals surface area contributed by atoms with Gasteiger partial charge in [-0.3, -0.25) is 14.9 Å². The highest BCUT2D eigenvalue weighted by Gasteiger charge is 2.15. The van der Waals surface area contributed by atoms with Crippen LogP contribution in [-0.4, -0.2) is 27.6 Å². The van der Waals surface area contributed by atoms with E-state index in [1.807, 2.05) is 31.3 Å². The molecule has 0 aliphatic rings. The minimum atomic E-state index is -0.435. The maximum atomic E-state index is 12.3. The van der Waals surface area contributed by atoms with Crippen molar-refractivity contribution in [2.45, 2.75) is 23.5 Å². The summed E-state index contributed by atoms with van der Waals surface area (Å²) in [4.78, 5) is 26.6. The van der Waals surface area contributed by atoms with Crippen molar-refractivity contribution >= 4 is 34.3 Å². The molecule has 0 saturated heterocycles. The predicted molar refractivity (Wildman–Crippen MR) is 103 cm³/mol. The molecule has 0 bridgehead atoms. The van der Waals surface area contributed by atoms with E-state index in [1.165, 1.54) is 34.8 Å². The number of carbonyl (C=O) groups is 1. The molecular weight excluding hydrogens is 350 g/mol. The number of H-pyrrole nitrogens is 1. The fourth-order valence-corrected chi connectivity index (χ4v) is 3.60. The highest BCUT2D eigenvalue weighted by atomic mass is 32.2. The van der Waals surface area contributed by atoms with Gasteiger partial charge < -0.3 is 10.3 Å². The molecule has 1 atom stereocenters. The van der Waals surface area contributed by atoms with Crippen molar-refractivity contribution < 1.29 is 9.72 Å². The second-order valence-electron chi connectivity index (χ2n) is 5.91. The van der Waals surface area contributed by atoms with E-state index in [9.17, 15) is 14.9 Å². The Bertz CT molecular complexity index is 921. The van der Waals surface area contributed by atoms with Gasteiger partial charge >= 0.3 is 0 Å². The van der Waals surface area contributed by atoms with Gasteiger partial charge in [0.05, 0.1) is 10.2 Å². The summed E-state index contributed by atoms with van der Waals surface area (Å²) in [6, 6.07) is 14.3. The summed E-state index contributed by atoms with van der Waals surface area (Å²) < 4.78 is 0. The Kier molecular flexibility index (Phi) is 5.58. The molecule has 0 saturated carbocycles. The van der Waals surface area contributed by atoms with Gasteiger partial charge in [-0.1, -0.05) is 18.2 Å². The Labute approximate surface area is 155 Å². The number of nitro groups is 1. The van der Waals surface area contributed by atoms with Crippen LogP contribution in [0.1, 0.15) is 12.5 Å². The normalized spacial score (nSPS) is 12.0. The average molecular weight is 369 g/mol. The molecule has 7 heteroatoms. The SMILES string of the molecule is CC(Sc1ccc([N+](=O)[O-])cc1)C(=O)NCCc1c[nH]c2ccccc12. The van der Waals surface area contributed by atoms with E-state index in [4.69, 9.17) is 0 Å². The van der Waals surface area contributed by atoms with Crippen molar-refractivity contribution in [3.63, 3.8) is 0 Å². The topological polar surface area (TPSA) is 88.0 Å². The Hall–Kier alpha value is -2.80. The van der Waals surface area contributed by atoms with Gasteiger partial charge in [-0.15, -0.1) is 11.8 Å². The van der Waals surface area contributed by atoms with Crippen molar-refractivity contribution in [1.29, 1.82) is 0 Å². The van der Waals surface area contributed by atoms with Gasteiger partial charge in [0.1, 0.15) is 0 Å². The summed E-state index contributed by atoms with van der Waals surface area (Å²) in [7, 11) is 0. The molecule has 0 aliphatic heterocycles. The molecule has 26 heavy (non-hydrogen) atoms. The molecule has 2 N–H and O–H groups in total. The number of aromatic amines is 1. The number of para-hydroxylation sites is 1. The summed E-state index contributed by atoms with van der Waals surface area (Å²) in [6.45, 7) is 2.39. The molecular formula is C19H19N3O3S. The van der Waals surface area contributed by atoms with E-state index in [0.717, 1.165) is 16.8 Å². The third-order valence-electron chi connectivity index (χ3n) is 4.10. The second kappa shape index (κ2) is 8.05. The predicted octanol–water partition coefficient (Wildman–Crippen LogP) is 3.92. The van der Waals surface area contributed by atoms with Crippen LogP contribution >= 0.6 is 11.8 Å². The van der Waals surface area contributed by atoms with E-state index in [2.05, 4.69) is 16.4 Å². The number of fused-ring (bicyclic) bond motifs is 1. The largest absolute Gasteiger partial charge is 0.361 e. The molecule has 2 aromatic carbocycles. The Balaban J connectivity index is 1.50. The molecule has 0 fully saturated rings. The Morgan fingerprint density at radius 3 is 2.69 bits per heavy atom. The van der Waals surface area contributed by atoms with Crippen LogP contribution in [0.25, 0.3) is 10.9 Å². The maximum absolute atomic E-state index is 12.3. The molecule has 0 aliphatic carbocycles. The zero-order chi connectivity index (χ0) is 18.5. The van der Waals surface area contributed by atoms with Crippen LogP contribution in [0, 0.1) is 10.1 Å². The summed E-state index contributed by atoms with van der Waals surface area (Å²) in [6.07, 6.45) is 2.73. The monoisotopic (exact) mass is 369 g/mol. The van der Waals surface area contributed by atoms with Gasteiger partial charge in [0.25, 0.3) is 5.69 Å².